The Labute approximate surface area is 149 Å². The number of carbonyl (C=O) groups excluding carboxylic acids is 1. The number of ether oxygens (including phenoxy) is 3. The first-order valence-corrected chi connectivity index (χ1v) is 8.31. The Kier molecular flexibility index (Phi) is 7.73. The van der Waals surface area contributed by atoms with Crippen molar-refractivity contribution in [2.45, 2.75) is 13.3 Å². The summed E-state index contributed by atoms with van der Waals surface area (Å²) in [6.07, 6.45) is 0.910. The van der Waals surface area contributed by atoms with Gasteiger partial charge in [-0.2, -0.15) is 0 Å². The van der Waals surface area contributed by atoms with Crippen LogP contribution in [0.1, 0.15) is 18.1 Å². The minimum Gasteiger partial charge on any atom is -0.491 e. The zero-order valence-electron chi connectivity index (χ0n) is 14.6. The Morgan fingerprint density at radius 1 is 0.880 bits per heavy atom. The molecule has 2 aromatic carbocycles. The van der Waals surface area contributed by atoms with Gasteiger partial charge < -0.3 is 14.2 Å². The highest BCUT2D eigenvalue weighted by atomic mass is 16.6. The van der Waals surface area contributed by atoms with Crippen LogP contribution in [0.4, 0.5) is 0 Å². The van der Waals surface area contributed by atoms with Gasteiger partial charge in [-0.1, -0.05) is 49.0 Å². The molecule has 0 N–H and O–H groups in total. The third-order valence-electron chi connectivity index (χ3n) is 3.48. The Morgan fingerprint density at radius 3 is 2.20 bits per heavy atom. The lowest BCUT2D eigenvalue weighted by atomic mass is 10.1. The van der Waals surface area contributed by atoms with Crippen molar-refractivity contribution in [3.05, 3.63) is 77.9 Å². The fraction of sp³-hybridized carbons (Fsp3) is 0.286. The van der Waals surface area contributed by atoms with Crippen molar-refractivity contribution in [1.29, 1.82) is 0 Å². The second kappa shape index (κ2) is 10.3. The number of carbonyl (C=O) groups is 1. The molecule has 2 aromatic rings. The van der Waals surface area contributed by atoms with Gasteiger partial charge in [0.2, 0.25) is 0 Å². The van der Waals surface area contributed by atoms with E-state index in [0.717, 1.165) is 12.2 Å². The molecule has 0 aliphatic rings. The van der Waals surface area contributed by atoms with Gasteiger partial charge in [-0.15, -0.1) is 0 Å². The molecule has 0 aliphatic carbocycles. The number of esters is 1. The molecular formula is C21H24O4. The van der Waals surface area contributed by atoms with Crippen molar-refractivity contribution in [2.24, 2.45) is 0 Å². The van der Waals surface area contributed by atoms with Crippen LogP contribution in [0.25, 0.3) is 0 Å². The van der Waals surface area contributed by atoms with Crippen molar-refractivity contribution < 1.29 is 19.0 Å². The van der Waals surface area contributed by atoms with Crippen LogP contribution in [-0.4, -0.2) is 32.4 Å². The van der Waals surface area contributed by atoms with Crippen molar-refractivity contribution in [2.75, 3.05) is 26.4 Å². The van der Waals surface area contributed by atoms with E-state index >= 15 is 0 Å². The largest absolute Gasteiger partial charge is 0.491 e. The summed E-state index contributed by atoms with van der Waals surface area (Å²) in [6.45, 7) is 6.58. The molecular weight excluding hydrogens is 316 g/mol. The van der Waals surface area contributed by atoms with Crippen molar-refractivity contribution >= 4 is 5.97 Å². The standard InChI is InChI=1S/C21H24O4/c1-17(2)21(22)25-15-13-23-12-14-24-20-10-8-19(9-11-20)16-18-6-4-3-5-7-18/h3-11H,1,12-16H2,2H3. The van der Waals surface area contributed by atoms with E-state index in [2.05, 4.69) is 30.8 Å². The van der Waals surface area contributed by atoms with Gasteiger partial charge in [-0.05, 0) is 36.6 Å². The summed E-state index contributed by atoms with van der Waals surface area (Å²) in [7, 11) is 0. The minimum atomic E-state index is -0.393. The third kappa shape index (κ3) is 7.23. The summed E-state index contributed by atoms with van der Waals surface area (Å²) in [4.78, 5) is 11.2. The molecule has 4 heteroatoms. The Balaban J connectivity index is 1.60. The van der Waals surface area contributed by atoms with Crippen molar-refractivity contribution in [3.8, 4) is 5.75 Å². The molecule has 25 heavy (non-hydrogen) atoms. The summed E-state index contributed by atoms with van der Waals surface area (Å²) in [5, 5.41) is 0. The lowest BCUT2D eigenvalue weighted by Crippen LogP contribution is -2.13. The average Bonchev–Trinajstić information content (AvgIpc) is 2.63. The van der Waals surface area contributed by atoms with Crippen LogP contribution < -0.4 is 4.74 Å². The highest BCUT2D eigenvalue weighted by Gasteiger charge is 2.02. The molecule has 0 bridgehead atoms. The first-order chi connectivity index (χ1) is 12.1. The Hall–Kier alpha value is -2.59. The van der Waals surface area contributed by atoms with Crippen LogP contribution in [-0.2, 0) is 20.7 Å². The number of hydrogen-bond donors (Lipinski definition) is 0. The smallest absolute Gasteiger partial charge is 0.333 e. The maximum absolute atomic E-state index is 11.2. The first kappa shape index (κ1) is 18.7. The summed E-state index contributed by atoms with van der Waals surface area (Å²) in [5.41, 5.74) is 2.92. The van der Waals surface area contributed by atoms with Gasteiger partial charge in [-0.25, -0.2) is 4.79 Å². The molecule has 0 radical (unpaired) electrons. The SMILES string of the molecule is C=C(C)C(=O)OCCOCCOc1ccc(Cc2ccccc2)cc1. The quantitative estimate of drug-likeness (QED) is 0.375. The van der Waals surface area contributed by atoms with Gasteiger partial charge in [0, 0.05) is 5.57 Å². The molecule has 0 amide bonds. The number of benzene rings is 2. The molecule has 0 atom stereocenters. The van der Waals surface area contributed by atoms with Gasteiger partial charge in [0.15, 0.2) is 0 Å². The van der Waals surface area contributed by atoms with Crippen LogP contribution in [0.5, 0.6) is 5.75 Å². The highest BCUT2D eigenvalue weighted by Crippen LogP contribution is 2.15. The van der Waals surface area contributed by atoms with Crippen LogP contribution in [0.3, 0.4) is 0 Å². The number of rotatable bonds is 10. The molecule has 0 heterocycles. The van der Waals surface area contributed by atoms with Crippen LogP contribution in [0.15, 0.2) is 66.7 Å². The molecule has 0 aliphatic heterocycles. The number of hydrogen-bond acceptors (Lipinski definition) is 4. The molecule has 0 fully saturated rings. The van der Waals surface area contributed by atoms with Gasteiger partial charge >= 0.3 is 5.97 Å². The van der Waals surface area contributed by atoms with Gasteiger partial charge in [0.25, 0.3) is 0 Å². The molecule has 0 saturated carbocycles. The van der Waals surface area contributed by atoms with E-state index in [1.165, 1.54) is 11.1 Å². The molecule has 0 unspecified atom stereocenters. The molecule has 0 aromatic heterocycles. The van der Waals surface area contributed by atoms with Crippen LogP contribution >= 0.6 is 0 Å². The predicted octanol–water partition coefficient (Wildman–Crippen LogP) is 3.79. The zero-order valence-corrected chi connectivity index (χ0v) is 14.6. The third-order valence-corrected chi connectivity index (χ3v) is 3.48. The van der Waals surface area contributed by atoms with E-state index in [0.29, 0.717) is 25.4 Å². The highest BCUT2D eigenvalue weighted by molar-refractivity contribution is 5.86. The fourth-order valence-corrected chi connectivity index (χ4v) is 2.17. The lowest BCUT2D eigenvalue weighted by molar-refractivity contribution is -0.140. The molecule has 0 spiro atoms. The zero-order chi connectivity index (χ0) is 17.9. The van der Waals surface area contributed by atoms with Crippen molar-refractivity contribution in [3.63, 3.8) is 0 Å². The van der Waals surface area contributed by atoms with E-state index in [1.807, 2.05) is 30.3 Å². The maximum atomic E-state index is 11.2. The maximum Gasteiger partial charge on any atom is 0.333 e. The second-order valence-corrected chi connectivity index (χ2v) is 5.68. The van der Waals surface area contributed by atoms with Crippen LogP contribution in [0.2, 0.25) is 0 Å². The molecule has 0 saturated heterocycles. The van der Waals surface area contributed by atoms with Gasteiger partial charge in [0.1, 0.15) is 19.0 Å². The average molecular weight is 340 g/mol. The van der Waals surface area contributed by atoms with E-state index in [1.54, 1.807) is 6.92 Å². The van der Waals surface area contributed by atoms with E-state index < -0.39 is 5.97 Å². The summed E-state index contributed by atoms with van der Waals surface area (Å²) < 4.78 is 15.9. The van der Waals surface area contributed by atoms with Crippen LogP contribution in [0, 0.1) is 0 Å². The van der Waals surface area contributed by atoms with E-state index in [9.17, 15) is 4.79 Å². The summed E-state index contributed by atoms with van der Waals surface area (Å²) in [5.74, 6) is 0.421. The van der Waals surface area contributed by atoms with Crippen molar-refractivity contribution in [1.82, 2.24) is 0 Å². The summed E-state index contributed by atoms with van der Waals surface area (Å²) in [6, 6.07) is 18.4. The summed E-state index contributed by atoms with van der Waals surface area (Å²) >= 11 is 0. The van der Waals surface area contributed by atoms with Gasteiger partial charge in [-0.3, -0.25) is 0 Å². The van der Waals surface area contributed by atoms with E-state index in [-0.39, 0.29) is 6.61 Å². The normalized spacial score (nSPS) is 10.3. The Bertz CT molecular complexity index is 662. The molecule has 2 rings (SSSR count). The monoisotopic (exact) mass is 340 g/mol. The molecule has 132 valence electrons. The fourth-order valence-electron chi connectivity index (χ4n) is 2.17. The second-order valence-electron chi connectivity index (χ2n) is 5.68. The topological polar surface area (TPSA) is 44.8 Å². The van der Waals surface area contributed by atoms with Gasteiger partial charge in [0.05, 0.1) is 13.2 Å². The first-order valence-electron chi connectivity index (χ1n) is 8.31. The minimum absolute atomic E-state index is 0.222. The predicted molar refractivity (Wildman–Crippen MR) is 97.8 cm³/mol. The molecule has 4 nitrogen and oxygen atoms in total. The van der Waals surface area contributed by atoms with E-state index in [4.69, 9.17) is 14.2 Å². The Morgan fingerprint density at radius 2 is 1.52 bits per heavy atom. The lowest BCUT2D eigenvalue weighted by Gasteiger charge is -2.09.